The van der Waals surface area contributed by atoms with Crippen molar-refractivity contribution in [1.29, 1.82) is 0 Å². The van der Waals surface area contributed by atoms with Crippen LogP contribution in [0.3, 0.4) is 0 Å². The second-order valence-corrected chi connectivity index (χ2v) is 3.44. The molecule has 0 aliphatic carbocycles. The van der Waals surface area contributed by atoms with Gasteiger partial charge in [0.05, 0.1) is 6.42 Å². The van der Waals surface area contributed by atoms with Gasteiger partial charge >= 0.3 is 0 Å². The molecule has 0 aromatic carbocycles. The Kier molecular flexibility index (Phi) is 3.00. The molecule has 74 valence electrons. The molecule has 0 aliphatic rings. The van der Waals surface area contributed by atoms with E-state index in [0.717, 1.165) is 0 Å². The summed E-state index contributed by atoms with van der Waals surface area (Å²) in [5.74, 6) is -7.52. The van der Waals surface area contributed by atoms with Crippen LogP contribution in [0.4, 0.5) is 22.0 Å². The highest BCUT2D eigenvalue weighted by Crippen LogP contribution is 2.43. The van der Waals surface area contributed by atoms with Crippen molar-refractivity contribution in [3.05, 3.63) is 0 Å². The van der Waals surface area contributed by atoms with Gasteiger partial charge in [-0.15, -0.1) is 0 Å². The third kappa shape index (κ3) is 3.56. The molecular formula is C6H8ClF5. The summed E-state index contributed by atoms with van der Waals surface area (Å²) in [5, 5.41) is -3.69. The van der Waals surface area contributed by atoms with Crippen LogP contribution in [-0.2, 0) is 0 Å². The number of alkyl halides is 6. The molecule has 0 radical (unpaired) electrons. The Labute approximate surface area is 71.7 Å². The normalized spacial score (nSPS) is 19.0. The van der Waals surface area contributed by atoms with E-state index in [-0.39, 0.29) is 6.92 Å². The lowest BCUT2D eigenvalue weighted by Gasteiger charge is -2.26. The van der Waals surface area contributed by atoms with Crippen LogP contribution >= 0.6 is 11.6 Å². The minimum absolute atomic E-state index is 0.158. The second-order valence-electron chi connectivity index (χ2n) is 2.84. The highest BCUT2D eigenvalue weighted by molar-refractivity contribution is 6.23. The molecule has 1 unspecified atom stereocenters. The first-order valence-corrected chi connectivity index (χ1v) is 3.47. The lowest BCUT2D eigenvalue weighted by Crippen LogP contribution is -2.40. The molecule has 0 N–H and O–H groups in total. The highest BCUT2D eigenvalue weighted by Gasteiger charge is 2.53. The summed E-state index contributed by atoms with van der Waals surface area (Å²) in [4.78, 5) is 0. The summed E-state index contributed by atoms with van der Waals surface area (Å²) in [6.07, 6.45) is -1.70. The van der Waals surface area contributed by atoms with Gasteiger partial charge in [-0.1, -0.05) is 11.6 Å². The fourth-order valence-corrected chi connectivity index (χ4v) is 0.780. The second kappa shape index (κ2) is 3.01. The number of halogens is 6. The zero-order valence-electron chi connectivity index (χ0n) is 6.47. The number of rotatable bonds is 3. The molecule has 0 aliphatic heterocycles. The molecule has 1 atom stereocenters. The third-order valence-electron chi connectivity index (χ3n) is 1.17. The lowest BCUT2D eigenvalue weighted by molar-refractivity contribution is -0.121. The van der Waals surface area contributed by atoms with E-state index in [0.29, 0.717) is 6.92 Å². The van der Waals surface area contributed by atoms with Crippen molar-refractivity contribution in [3.63, 3.8) is 0 Å². The van der Waals surface area contributed by atoms with E-state index < -0.39 is 23.4 Å². The first-order valence-electron chi connectivity index (χ1n) is 3.09. The lowest BCUT2D eigenvalue weighted by atomic mass is 10.1. The molecule has 0 saturated carbocycles. The third-order valence-corrected chi connectivity index (χ3v) is 1.64. The van der Waals surface area contributed by atoms with Crippen LogP contribution in [0.1, 0.15) is 20.3 Å². The molecule has 12 heavy (non-hydrogen) atoms. The summed E-state index contributed by atoms with van der Waals surface area (Å²) in [6.45, 7) is 0.487. The molecule has 0 nitrogen and oxygen atoms in total. The maximum absolute atomic E-state index is 12.6. The fraction of sp³-hybridized carbons (Fsp3) is 1.00. The average molecular weight is 211 g/mol. The van der Waals surface area contributed by atoms with Crippen LogP contribution in [0, 0.1) is 0 Å². The molecule has 6 heteroatoms. The zero-order valence-corrected chi connectivity index (χ0v) is 7.23. The zero-order chi connectivity index (χ0) is 10.2. The summed E-state index contributed by atoms with van der Waals surface area (Å²) in [6, 6.07) is 0. The first kappa shape index (κ1) is 11.9. The van der Waals surface area contributed by atoms with Crippen molar-refractivity contribution in [2.45, 2.75) is 37.2 Å². The van der Waals surface area contributed by atoms with Crippen LogP contribution in [0.25, 0.3) is 0 Å². The van der Waals surface area contributed by atoms with Gasteiger partial charge in [-0.3, -0.25) is 0 Å². The van der Waals surface area contributed by atoms with Crippen LogP contribution in [0.15, 0.2) is 0 Å². The molecule has 0 rings (SSSR count). The van der Waals surface area contributed by atoms with E-state index in [2.05, 4.69) is 11.6 Å². The Balaban J connectivity index is 4.44. The monoisotopic (exact) mass is 210 g/mol. The fourth-order valence-electron chi connectivity index (χ4n) is 0.545. The predicted octanol–water partition coefficient (Wildman–Crippen LogP) is 3.59. The van der Waals surface area contributed by atoms with Crippen molar-refractivity contribution in [2.24, 2.45) is 0 Å². The molecule has 0 bridgehead atoms. The molecule has 0 spiro atoms. The molecule has 0 aromatic rings. The first-order chi connectivity index (χ1) is 4.96. The summed E-state index contributed by atoms with van der Waals surface area (Å²) < 4.78 is 61.2. The van der Waals surface area contributed by atoms with E-state index in [1.807, 2.05) is 0 Å². The van der Waals surface area contributed by atoms with Gasteiger partial charge in [-0.2, -0.15) is 0 Å². The highest BCUT2D eigenvalue weighted by atomic mass is 35.5. The van der Waals surface area contributed by atoms with Crippen molar-refractivity contribution in [3.8, 4) is 0 Å². The Morgan fingerprint density at radius 1 is 1.00 bits per heavy atom. The van der Waals surface area contributed by atoms with E-state index in [4.69, 9.17) is 0 Å². The van der Waals surface area contributed by atoms with Crippen molar-refractivity contribution < 1.29 is 22.0 Å². The standard InChI is InChI=1S/C6H8ClF5/c1-4(8,9)3-6(7,12)5(2,10)11/h3H2,1-2H3. The summed E-state index contributed by atoms with van der Waals surface area (Å²) in [7, 11) is 0. The molecule has 0 saturated heterocycles. The van der Waals surface area contributed by atoms with Crippen LogP contribution in [-0.4, -0.2) is 17.0 Å². The number of hydrogen-bond acceptors (Lipinski definition) is 0. The quantitative estimate of drug-likeness (QED) is 0.493. The molecule has 0 amide bonds. The van der Waals surface area contributed by atoms with E-state index in [9.17, 15) is 22.0 Å². The predicted molar refractivity (Wildman–Crippen MR) is 35.6 cm³/mol. The van der Waals surface area contributed by atoms with Gasteiger partial charge in [0.25, 0.3) is 11.1 Å². The van der Waals surface area contributed by atoms with Gasteiger partial charge < -0.3 is 0 Å². The van der Waals surface area contributed by atoms with Crippen LogP contribution in [0.5, 0.6) is 0 Å². The Hall–Kier alpha value is -0.0600. The molecule has 0 aromatic heterocycles. The Bertz CT molecular complexity index is 154. The smallest absolute Gasteiger partial charge is 0.219 e. The van der Waals surface area contributed by atoms with E-state index >= 15 is 0 Å². The van der Waals surface area contributed by atoms with E-state index in [1.165, 1.54) is 0 Å². The van der Waals surface area contributed by atoms with Crippen molar-refractivity contribution in [2.75, 3.05) is 0 Å². The minimum atomic E-state index is -3.98. The van der Waals surface area contributed by atoms with Crippen molar-refractivity contribution >= 4 is 11.6 Å². The summed E-state index contributed by atoms with van der Waals surface area (Å²) in [5.41, 5.74) is 0. The summed E-state index contributed by atoms with van der Waals surface area (Å²) >= 11 is 4.60. The number of hydrogen-bond donors (Lipinski definition) is 0. The molecule has 0 heterocycles. The largest absolute Gasteiger partial charge is 0.292 e. The molecule has 0 fully saturated rings. The maximum atomic E-state index is 12.6. The van der Waals surface area contributed by atoms with Gasteiger partial charge in [0.2, 0.25) is 5.92 Å². The van der Waals surface area contributed by atoms with Gasteiger partial charge in [0.15, 0.2) is 0 Å². The maximum Gasteiger partial charge on any atom is 0.292 e. The average Bonchev–Trinajstić information content (AvgIpc) is 1.52. The van der Waals surface area contributed by atoms with E-state index in [1.54, 1.807) is 0 Å². The molecular weight excluding hydrogens is 203 g/mol. The van der Waals surface area contributed by atoms with Gasteiger partial charge in [0.1, 0.15) is 0 Å². The van der Waals surface area contributed by atoms with Gasteiger partial charge in [0, 0.05) is 6.92 Å². The van der Waals surface area contributed by atoms with Gasteiger partial charge in [-0.25, -0.2) is 22.0 Å². The Morgan fingerprint density at radius 3 is 1.42 bits per heavy atom. The van der Waals surface area contributed by atoms with Crippen LogP contribution < -0.4 is 0 Å². The van der Waals surface area contributed by atoms with Gasteiger partial charge in [-0.05, 0) is 6.92 Å². The SMILES string of the molecule is CC(F)(F)CC(F)(Cl)C(C)(F)F. The minimum Gasteiger partial charge on any atom is -0.219 e. The van der Waals surface area contributed by atoms with Crippen molar-refractivity contribution in [1.82, 2.24) is 0 Å². The topological polar surface area (TPSA) is 0 Å². The Morgan fingerprint density at radius 2 is 1.33 bits per heavy atom. The van der Waals surface area contributed by atoms with Crippen LogP contribution in [0.2, 0.25) is 0 Å².